The molecule has 0 fully saturated rings. The van der Waals surface area contributed by atoms with Gasteiger partial charge in [-0.05, 0) is 24.3 Å². The molecular weight excluding hydrogens is 380 g/mol. The van der Waals surface area contributed by atoms with Crippen LogP contribution in [-0.2, 0) is 11.2 Å². The molecule has 7 nitrogen and oxygen atoms in total. The number of amides is 1. The number of aromatic nitrogens is 2. The highest BCUT2D eigenvalue weighted by Crippen LogP contribution is 2.40. The first kappa shape index (κ1) is 19.8. The summed E-state index contributed by atoms with van der Waals surface area (Å²) < 4.78 is 0. The highest BCUT2D eigenvalue weighted by Gasteiger charge is 2.35. The van der Waals surface area contributed by atoms with E-state index in [-0.39, 0.29) is 31.3 Å². The number of ketones is 1. The number of aromatic amines is 1. The molecule has 1 aromatic carbocycles. The number of para-hydroxylation sites is 1. The third kappa shape index (κ3) is 3.84. The topological polar surface area (TPSA) is 98.3 Å². The molecule has 3 N–H and O–H groups in total. The average Bonchev–Trinajstić information content (AvgIpc) is 3.13. The first-order valence-corrected chi connectivity index (χ1v) is 9.94. The SMILES string of the molecule is CN(CCO)C(=O)[C@@H]1CC(=O)c2c([nH]c(-c3ccncc3)c2Nc2ccccc2)C1. The molecule has 0 saturated carbocycles. The summed E-state index contributed by atoms with van der Waals surface area (Å²) in [6.07, 6.45) is 4.02. The van der Waals surface area contributed by atoms with Crippen LogP contribution in [0.4, 0.5) is 11.4 Å². The van der Waals surface area contributed by atoms with Crippen LogP contribution in [0, 0.1) is 5.92 Å². The first-order chi connectivity index (χ1) is 14.6. The van der Waals surface area contributed by atoms with Gasteiger partial charge in [-0.2, -0.15) is 0 Å². The monoisotopic (exact) mass is 404 g/mol. The maximum Gasteiger partial charge on any atom is 0.226 e. The molecule has 154 valence electrons. The third-order valence-electron chi connectivity index (χ3n) is 5.41. The van der Waals surface area contributed by atoms with Gasteiger partial charge in [-0.15, -0.1) is 0 Å². The zero-order chi connectivity index (χ0) is 21.1. The fourth-order valence-corrected chi connectivity index (χ4v) is 3.93. The van der Waals surface area contributed by atoms with Gasteiger partial charge in [0.1, 0.15) is 0 Å². The first-order valence-electron chi connectivity index (χ1n) is 9.94. The van der Waals surface area contributed by atoms with Crippen molar-refractivity contribution in [1.29, 1.82) is 0 Å². The van der Waals surface area contributed by atoms with Gasteiger partial charge in [-0.3, -0.25) is 14.6 Å². The summed E-state index contributed by atoms with van der Waals surface area (Å²) in [4.78, 5) is 34.8. The quantitative estimate of drug-likeness (QED) is 0.587. The summed E-state index contributed by atoms with van der Waals surface area (Å²) in [5, 5.41) is 12.5. The molecule has 0 unspecified atom stereocenters. The minimum absolute atomic E-state index is 0.0676. The molecule has 2 heterocycles. The lowest BCUT2D eigenvalue weighted by Crippen LogP contribution is -2.38. The van der Waals surface area contributed by atoms with Crippen molar-refractivity contribution in [3.8, 4) is 11.3 Å². The number of aliphatic hydroxyl groups excluding tert-OH is 1. The van der Waals surface area contributed by atoms with Crippen molar-refractivity contribution < 1.29 is 14.7 Å². The molecular formula is C23H24N4O3. The number of H-pyrrole nitrogens is 1. The van der Waals surface area contributed by atoms with Crippen LogP contribution in [0.25, 0.3) is 11.3 Å². The highest BCUT2D eigenvalue weighted by molar-refractivity contribution is 6.09. The zero-order valence-corrected chi connectivity index (χ0v) is 16.8. The number of pyridine rings is 1. The van der Waals surface area contributed by atoms with E-state index < -0.39 is 5.92 Å². The minimum atomic E-state index is -0.435. The van der Waals surface area contributed by atoms with Gasteiger partial charge in [-0.1, -0.05) is 18.2 Å². The fraction of sp³-hybridized carbons (Fsp3) is 0.261. The fourth-order valence-electron chi connectivity index (χ4n) is 3.93. The predicted octanol–water partition coefficient (Wildman–Crippen LogP) is 3.02. The Bertz CT molecular complexity index is 1050. The maximum atomic E-state index is 13.1. The molecule has 7 heteroatoms. The Hall–Kier alpha value is -3.45. The van der Waals surface area contributed by atoms with E-state index in [0.717, 1.165) is 28.3 Å². The number of likely N-dealkylation sites (N-methyl/N-ethyl adjacent to an activating group) is 1. The van der Waals surface area contributed by atoms with Crippen molar-refractivity contribution in [2.24, 2.45) is 5.92 Å². The Morgan fingerprint density at radius 2 is 1.93 bits per heavy atom. The van der Waals surface area contributed by atoms with Crippen molar-refractivity contribution in [3.63, 3.8) is 0 Å². The largest absolute Gasteiger partial charge is 0.395 e. The summed E-state index contributed by atoms with van der Waals surface area (Å²) in [6.45, 7) is 0.151. The van der Waals surface area contributed by atoms with Crippen LogP contribution in [-0.4, -0.2) is 51.9 Å². The van der Waals surface area contributed by atoms with Crippen LogP contribution >= 0.6 is 0 Å². The lowest BCUT2D eigenvalue weighted by molar-refractivity contribution is -0.134. The number of rotatable bonds is 6. The summed E-state index contributed by atoms with van der Waals surface area (Å²) in [6, 6.07) is 13.5. The van der Waals surface area contributed by atoms with Gasteiger partial charge < -0.3 is 20.3 Å². The van der Waals surface area contributed by atoms with Crippen molar-refractivity contribution >= 4 is 23.1 Å². The van der Waals surface area contributed by atoms with Crippen LogP contribution in [0.3, 0.4) is 0 Å². The van der Waals surface area contributed by atoms with Gasteiger partial charge >= 0.3 is 0 Å². The molecule has 1 amide bonds. The van der Waals surface area contributed by atoms with Gasteiger partial charge in [0.15, 0.2) is 5.78 Å². The van der Waals surface area contributed by atoms with Crippen LogP contribution in [0.5, 0.6) is 0 Å². The van der Waals surface area contributed by atoms with E-state index >= 15 is 0 Å². The molecule has 0 radical (unpaired) electrons. The molecule has 0 aliphatic heterocycles. The van der Waals surface area contributed by atoms with Gasteiger partial charge in [0.05, 0.1) is 29.5 Å². The molecule has 2 aromatic heterocycles. The Kier molecular flexibility index (Phi) is 5.63. The molecule has 1 aliphatic carbocycles. The number of anilines is 2. The van der Waals surface area contributed by atoms with Gasteiger partial charge in [0.2, 0.25) is 5.91 Å². The van der Waals surface area contributed by atoms with E-state index in [9.17, 15) is 9.59 Å². The number of Topliss-reactive ketones (excluding diaryl/α,β-unsaturated/α-hetero) is 1. The van der Waals surface area contributed by atoms with Crippen molar-refractivity contribution in [1.82, 2.24) is 14.9 Å². The van der Waals surface area contributed by atoms with E-state index in [1.54, 1.807) is 19.4 Å². The Morgan fingerprint density at radius 1 is 1.20 bits per heavy atom. The number of hydrogen-bond acceptors (Lipinski definition) is 5. The number of carbonyl (C=O) groups is 2. The van der Waals surface area contributed by atoms with Gasteiger partial charge in [-0.25, -0.2) is 0 Å². The summed E-state index contributed by atoms with van der Waals surface area (Å²) in [5.41, 5.74) is 4.68. The molecule has 0 bridgehead atoms. The van der Waals surface area contributed by atoms with Crippen LogP contribution < -0.4 is 5.32 Å². The molecule has 0 saturated heterocycles. The maximum absolute atomic E-state index is 13.1. The van der Waals surface area contributed by atoms with E-state index in [0.29, 0.717) is 12.0 Å². The highest BCUT2D eigenvalue weighted by atomic mass is 16.3. The van der Waals surface area contributed by atoms with Gasteiger partial charge in [0.25, 0.3) is 0 Å². The zero-order valence-electron chi connectivity index (χ0n) is 16.8. The van der Waals surface area contributed by atoms with E-state index in [1.165, 1.54) is 4.90 Å². The molecule has 0 spiro atoms. The standard InChI is InChI=1S/C23H24N4O3/c1-27(11-12-28)23(30)16-13-18-20(19(29)14-16)22(25-17-5-3-2-4-6-17)21(26-18)15-7-9-24-10-8-15/h2-10,16,25-26,28H,11-14H2,1H3/t16-/m0/s1. The Balaban J connectivity index is 1.74. The van der Waals surface area contributed by atoms with Crippen LogP contribution in [0.1, 0.15) is 22.5 Å². The van der Waals surface area contributed by atoms with E-state index in [4.69, 9.17) is 5.11 Å². The van der Waals surface area contributed by atoms with Crippen LogP contribution in [0.2, 0.25) is 0 Å². The lowest BCUT2D eigenvalue weighted by atomic mass is 9.85. The molecule has 1 aliphatic rings. The van der Waals surface area contributed by atoms with E-state index in [2.05, 4.69) is 15.3 Å². The second-order valence-electron chi connectivity index (χ2n) is 7.47. The summed E-state index contributed by atoms with van der Waals surface area (Å²) >= 11 is 0. The number of hydrogen-bond donors (Lipinski definition) is 3. The van der Waals surface area contributed by atoms with E-state index in [1.807, 2.05) is 42.5 Å². The number of nitrogens with one attached hydrogen (secondary N) is 2. The summed E-state index contributed by atoms with van der Waals surface area (Å²) in [5.74, 6) is -0.627. The number of fused-ring (bicyclic) bond motifs is 1. The van der Waals surface area contributed by atoms with Gasteiger partial charge in [0, 0.05) is 55.8 Å². The molecule has 30 heavy (non-hydrogen) atoms. The van der Waals surface area contributed by atoms with Crippen molar-refractivity contribution in [3.05, 3.63) is 66.1 Å². The van der Waals surface area contributed by atoms with Crippen molar-refractivity contribution in [2.75, 3.05) is 25.5 Å². The number of nitrogens with zero attached hydrogens (tertiary/aromatic N) is 2. The predicted molar refractivity (Wildman–Crippen MR) is 115 cm³/mol. The molecule has 4 rings (SSSR count). The number of aliphatic hydroxyl groups is 1. The molecule has 1 atom stereocenters. The minimum Gasteiger partial charge on any atom is -0.395 e. The average molecular weight is 404 g/mol. The summed E-state index contributed by atoms with van der Waals surface area (Å²) in [7, 11) is 1.65. The Morgan fingerprint density at radius 3 is 2.63 bits per heavy atom. The van der Waals surface area contributed by atoms with Crippen LogP contribution in [0.15, 0.2) is 54.9 Å². The number of carbonyl (C=O) groups excluding carboxylic acids is 2. The number of benzene rings is 1. The van der Waals surface area contributed by atoms with Crippen molar-refractivity contribution in [2.45, 2.75) is 12.8 Å². The lowest BCUT2D eigenvalue weighted by Gasteiger charge is -2.26. The smallest absolute Gasteiger partial charge is 0.226 e. The normalized spacial score (nSPS) is 15.5. The second kappa shape index (κ2) is 8.51. The third-order valence-corrected chi connectivity index (χ3v) is 5.41. The molecule has 3 aromatic rings. The Labute approximate surface area is 174 Å². The second-order valence-corrected chi connectivity index (χ2v) is 7.47.